The summed E-state index contributed by atoms with van der Waals surface area (Å²) in [5.41, 5.74) is 1.38. The van der Waals surface area contributed by atoms with Crippen molar-refractivity contribution in [2.24, 2.45) is 0 Å². The molecule has 0 saturated carbocycles. The lowest BCUT2D eigenvalue weighted by molar-refractivity contribution is 0.0341. The smallest absolute Gasteiger partial charge is 0.251 e. The van der Waals surface area contributed by atoms with Gasteiger partial charge in [-0.05, 0) is 18.2 Å². The number of nitrogens with one attached hydrogen (secondary N) is 2. The monoisotopic (exact) mass is 379 g/mol. The molecule has 0 unspecified atom stereocenters. The van der Waals surface area contributed by atoms with E-state index < -0.39 is 0 Å². The van der Waals surface area contributed by atoms with E-state index in [2.05, 4.69) is 20.9 Å². The average Bonchev–Trinajstić information content (AvgIpc) is 3.26. The Hall–Kier alpha value is -2.16. The maximum absolute atomic E-state index is 12.5. The molecular weight excluding hydrogens is 358 g/mol. The third kappa shape index (κ3) is 4.32. The molecule has 8 nitrogen and oxygen atoms in total. The van der Waals surface area contributed by atoms with Gasteiger partial charge in [0.1, 0.15) is 11.4 Å². The first kappa shape index (κ1) is 18.6. The molecule has 0 spiro atoms. The van der Waals surface area contributed by atoms with Crippen LogP contribution in [0.1, 0.15) is 22.5 Å². The van der Waals surface area contributed by atoms with Crippen molar-refractivity contribution in [2.45, 2.75) is 31.7 Å². The van der Waals surface area contributed by atoms with E-state index in [-0.39, 0.29) is 30.5 Å². The lowest BCUT2D eigenvalue weighted by atomic mass is 10.1. The Kier molecular flexibility index (Phi) is 6.08. The highest BCUT2D eigenvalue weighted by atomic mass is 35.5. The van der Waals surface area contributed by atoms with Crippen molar-refractivity contribution >= 4 is 18.3 Å². The van der Waals surface area contributed by atoms with Gasteiger partial charge in [0.25, 0.3) is 5.91 Å². The van der Waals surface area contributed by atoms with Crippen LogP contribution in [-0.2, 0) is 17.9 Å². The van der Waals surface area contributed by atoms with Crippen molar-refractivity contribution in [1.29, 1.82) is 0 Å². The first-order valence-corrected chi connectivity index (χ1v) is 8.53. The van der Waals surface area contributed by atoms with Crippen molar-refractivity contribution in [2.75, 3.05) is 19.7 Å². The molecule has 2 N–H and O–H groups in total. The van der Waals surface area contributed by atoms with Crippen LogP contribution in [0, 0.1) is 0 Å². The Balaban J connectivity index is 0.00000196. The van der Waals surface area contributed by atoms with Gasteiger partial charge in [0.15, 0.2) is 0 Å². The summed E-state index contributed by atoms with van der Waals surface area (Å²) in [5, 5.41) is 14.6. The molecule has 1 amide bonds. The molecule has 1 aromatic carbocycles. The molecule has 1 aromatic heterocycles. The van der Waals surface area contributed by atoms with Gasteiger partial charge in [-0.15, -0.1) is 17.5 Å². The predicted octanol–water partition coefficient (Wildman–Crippen LogP) is 0.769. The van der Waals surface area contributed by atoms with Crippen molar-refractivity contribution in [3.63, 3.8) is 0 Å². The van der Waals surface area contributed by atoms with E-state index in [4.69, 9.17) is 9.47 Å². The number of hydrogen-bond acceptors (Lipinski definition) is 6. The van der Waals surface area contributed by atoms with Crippen LogP contribution < -0.4 is 15.4 Å². The number of nitrogens with zero attached hydrogens (tertiary/aromatic N) is 3. The van der Waals surface area contributed by atoms with E-state index in [1.807, 2.05) is 18.3 Å². The van der Waals surface area contributed by atoms with Crippen molar-refractivity contribution in [3.8, 4) is 5.75 Å². The first-order valence-electron chi connectivity index (χ1n) is 8.53. The van der Waals surface area contributed by atoms with Gasteiger partial charge in [-0.25, -0.2) is 0 Å². The molecular formula is C17H22ClN5O3. The van der Waals surface area contributed by atoms with Gasteiger partial charge >= 0.3 is 0 Å². The van der Waals surface area contributed by atoms with E-state index >= 15 is 0 Å². The number of aromatic nitrogens is 3. The number of aryl methyl sites for hydroxylation is 1. The fourth-order valence-electron chi connectivity index (χ4n) is 3.08. The lowest BCUT2D eigenvalue weighted by Gasteiger charge is -2.20. The number of fused-ring (bicyclic) bond motifs is 5. The highest BCUT2D eigenvalue weighted by Crippen LogP contribution is 2.15. The zero-order valence-corrected chi connectivity index (χ0v) is 15.1. The number of carbonyl (C=O) groups is 1. The summed E-state index contributed by atoms with van der Waals surface area (Å²) in [7, 11) is 0. The zero-order chi connectivity index (χ0) is 17.1. The van der Waals surface area contributed by atoms with Gasteiger partial charge in [-0.1, -0.05) is 11.3 Å². The Morgan fingerprint density at radius 3 is 3.12 bits per heavy atom. The normalized spacial score (nSPS) is 23.3. The Morgan fingerprint density at radius 1 is 1.27 bits per heavy atom. The van der Waals surface area contributed by atoms with Crippen LogP contribution in [0.2, 0.25) is 0 Å². The fraction of sp³-hybridized carbons (Fsp3) is 0.471. The molecule has 2 aliphatic rings. The SMILES string of the molecule is Cl.O=C1N[C@H]2CNC[C@@H]2OCc2cn(nn2)CCCOc2cccc1c2. The average molecular weight is 380 g/mol. The number of benzene rings is 1. The molecule has 1 fully saturated rings. The van der Waals surface area contributed by atoms with Gasteiger partial charge in [0, 0.05) is 31.6 Å². The van der Waals surface area contributed by atoms with Gasteiger partial charge < -0.3 is 20.1 Å². The topological polar surface area (TPSA) is 90.3 Å². The lowest BCUT2D eigenvalue weighted by Crippen LogP contribution is -2.43. The second-order valence-corrected chi connectivity index (χ2v) is 6.29. The summed E-state index contributed by atoms with van der Waals surface area (Å²) < 4.78 is 13.5. The summed E-state index contributed by atoms with van der Waals surface area (Å²) >= 11 is 0. The molecule has 4 bridgehead atoms. The summed E-state index contributed by atoms with van der Waals surface area (Å²) in [4.78, 5) is 12.5. The van der Waals surface area contributed by atoms with Crippen LogP contribution in [0.15, 0.2) is 30.5 Å². The third-order valence-corrected chi connectivity index (χ3v) is 4.40. The van der Waals surface area contributed by atoms with E-state index in [1.165, 1.54) is 0 Å². The summed E-state index contributed by atoms with van der Waals surface area (Å²) in [6, 6.07) is 7.17. The second-order valence-electron chi connectivity index (χ2n) is 6.29. The van der Waals surface area contributed by atoms with Gasteiger partial charge in [-0.2, -0.15) is 0 Å². The molecule has 2 atom stereocenters. The largest absolute Gasteiger partial charge is 0.494 e. The number of hydrogen-bond donors (Lipinski definition) is 2. The molecule has 2 aliphatic heterocycles. The second kappa shape index (κ2) is 8.48. The number of amides is 1. The van der Waals surface area contributed by atoms with Gasteiger partial charge in [0.2, 0.25) is 0 Å². The maximum atomic E-state index is 12.5. The molecule has 26 heavy (non-hydrogen) atoms. The predicted molar refractivity (Wildman–Crippen MR) is 96.5 cm³/mol. The van der Waals surface area contributed by atoms with Gasteiger partial charge in [0.05, 0.1) is 31.6 Å². The Bertz CT molecular complexity index is 754. The van der Waals surface area contributed by atoms with E-state index in [9.17, 15) is 4.79 Å². The van der Waals surface area contributed by atoms with Crippen molar-refractivity contribution in [1.82, 2.24) is 25.6 Å². The minimum atomic E-state index is -0.120. The van der Waals surface area contributed by atoms with Crippen LogP contribution in [0.5, 0.6) is 5.75 Å². The number of rotatable bonds is 0. The minimum absolute atomic E-state index is 0. The fourth-order valence-corrected chi connectivity index (χ4v) is 3.08. The van der Waals surface area contributed by atoms with Gasteiger partial charge in [-0.3, -0.25) is 9.48 Å². The quantitative estimate of drug-likeness (QED) is 0.702. The Morgan fingerprint density at radius 2 is 2.19 bits per heavy atom. The Labute approximate surface area is 157 Å². The molecule has 1 saturated heterocycles. The third-order valence-electron chi connectivity index (χ3n) is 4.40. The van der Waals surface area contributed by atoms with E-state index in [0.717, 1.165) is 18.7 Å². The molecule has 4 rings (SSSR count). The van der Waals surface area contributed by atoms with Crippen LogP contribution in [-0.4, -0.2) is 52.7 Å². The minimum Gasteiger partial charge on any atom is -0.494 e. The van der Waals surface area contributed by atoms with Crippen LogP contribution in [0.4, 0.5) is 0 Å². The van der Waals surface area contributed by atoms with Crippen molar-refractivity contribution in [3.05, 3.63) is 41.7 Å². The molecule has 9 heteroatoms. The van der Waals surface area contributed by atoms with E-state index in [0.29, 0.717) is 37.6 Å². The molecule has 2 aromatic rings. The number of halogens is 1. The highest BCUT2D eigenvalue weighted by Gasteiger charge is 2.29. The zero-order valence-electron chi connectivity index (χ0n) is 14.3. The van der Waals surface area contributed by atoms with Crippen LogP contribution >= 0.6 is 12.4 Å². The highest BCUT2D eigenvalue weighted by molar-refractivity contribution is 5.94. The molecule has 140 valence electrons. The van der Waals surface area contributed by atoms with Crippen LogP contribution in [0.3, 0.4) is 0 Å². The molecule has 0 radical (unpaired) electrons. The maximum Gasteiger partial charge on any atom is 0.251 e. The van der Waals surface area contributed by atoms with E-state index in [1.54, 1.807) is 16.8 Å². The number of carbonyl (C=O) groups excluding carboxylic acids is 1. The molecule has 3 heterocycles. The van der Waals surface area contributed by atoms with Crippen molar-refractivity contribution < 1.29 is 14.3 Å². The summed E-state index contributed by atoms with van der Waals surface area (Å²) in [6.07, 6.45) is 2.60. The first-order chi connectivity index (χ1) is 12.3. The standard InChI is InChI=1S/C17H21N5O3.ClH/c23-17-12-3-1-4-14(7-12)24-6-2-5-22-10-13(20-21-22)11-25-16-9-18-8-15(16)19-17;/h1,3-4,7,10,15-16,18H,2,5-6,8-9,11H2,(H,19,23);1H/t15-,16-;/m0./s1. The summed E-state index contributed by atoms with van der Waals surface area (Å²) in [6.45, 7) is 3.03. The number of ether oxygens (including phenoxy) is 2. The van der Waals surface area contributed by atoms with Crippen LogP contribution in [0.25, 0.3) is 0 Å². The summed E-state index contributed by atoms with van der Waals surface area (Å²) in [5.74, 6) is 0.571. The molecule has 0 aliphatic carbocycles.